The quantitative estimate of drug-likeness (QED) is 0.609. The van der Waals surface area contributed by atoms with Gasteiger partial charge < -0.3 is 9.47 Å². The first-order valence-electron chi connectivity index (χ1n) is 10.4. The molecule has 0 aromatic carbocycles. The Labute approximate surface area is 159 Å². The third-order valence-corrected chi connectivity index (χ3v) is 6.49. The lowest BCUT2D eigenvalue weighted by molar-refractivity contribution is -0.180. The second kappa shape index (κ2) is 7.90. The predicted molar refractivity (Wildman–Crippen MR) is 103 cm³/mol. The van der Waals surface area contributed by atoms with Gasteiger partial charge in [-0.15, -0.1) is 0 Å². The number of hydrogen-bond acceptors (Lipinski definition) is 4. The molecule has 0 unspecified atom stereocenters. The van der Waals surface area contributed by atoms with E-state index in [1.807, 2.05) is 41.5 Å². The van der Waals surface area contributed by atoms with Crippen molar-refractivity contribution in [3.05, 3.63) is 0 Å². The van der Waals surface area contributed by atoms with Gasteiger partial charge in [-0.2, -0.15) is 0 Å². The van der Waals surface area contributed by atoms with Crippen molar-refractivity contribution in [2.24, 2.45) is 16.7 Å². The zero-order valence-electron chi connectivity index (χ0n) is 17.7. The normalized spacial score (nSPS) is 26.4. The molecule has 4 heteroatoms. The molecule has 0 amide bonds. The van der Waals surface area contributed by atoms with Gasteiger partial charge in [0.15, 0.2) is 0 Å². The minimum Gasteiger partial charge on any atom is -0.462 e. The first-order chi connectivity index (χ1) is 12.0. The summed E-state index contributed by atoms with van der Waals surface area (Å²) < 4.78 is 11.9. The molecule has 26 heavy (non-hydrogen) atoms. The fourth-order valence-corrected chi connectivity index (χ4v) is 4.07. The molecule has 0 aromatic heterocycles. The predicted octanol–water partition coefficient (Wildman–Crippen LogP) is 5.43. The van der Waals surface area contributed by atoms with E-state index in [-0.39, 0.29) is 23.6 Å². The Bertz CT molecular complexity index is 501. The molecular weight excluding hydrogens is 328 g/mol. The van der Waals surface area contributed by atoms with Gasteiger partial charge in [0, 0.05) is 0 Å². The summed E-state index contributed by atoms with van der Waals surface area (Å²) >= 11 is 0. The lowest BCUT2D eigenvalue weighted by Crippen LogP contribution is -2.45. The maximum Gasteiger partial charge on any atom is 0.312 e. The van der Waals surface area contributed by atoms with Crippen LogP contribution in [0.15, 0.2) is 0 Å². The van der Waals surface area contributed by atoms with E-state index in [0.717, 1.165) is 57.8 Å². The van der Waals surface area contributed by atoms with E-state index in [9.17, 15) is 9.59 Å². The van der Waals surface area contributed by atoms with E-state index >= 15 is 0 Å². The minimum atomic E-state index is -0.454. The summed E-state index contributed by atoms with van der Waals surface area (Å²) in [5.74, 6) is 0.224. The number of carbonyl (C=O) groups is 2. The first-order valence-corrected chi connectivity index (χ1v) is 10.4. The largest absolute Gasteiger partial charge is 0.462 e. The van der Waals surface area contributed by atoms with Crippen LogP contribution in [0.3, 0.4) is 0 Å². The van der Waals surface area contributed by atoms with Crippen LogP contribution in [0.4, 0.5) is 0 Å². The molecule has 2 aliphatic carbocycles. The van der Waals surface area contributed by atoms with Gasteiger partial charge >= 0.3 is 11.9 Å². The molecule has 2 fully saturated rings. The highest BCUT2D eigenvalue weighted by Crippen LogP contribution is 2.47. The summed E-state index contributed by atoms with van der Waals surface area (Å²) in [6.07, 6.45) is 8.75. The fraction of sp³-hybridized carbons (Fsp3) is 0.909. The van der Waals surface area contributed by atoms with E-state index in [1.54, 1.807) is 0 Å². The average Bonchev–Trinajstić information content (AvgIpc) is 3.04. The number of rotatable bonds is 5. The van der Waals surface area contributed by atoms with E-state index in [4.69, 9.17) is 9.47 Å². The van der Waals surface area contributed by atoms with Crippen molar-refractivity contribution < 1.29 is 19.1 Å². The fourth-order valence-electron chi connectivity index (χ4n) is 4.07. The monoisotopic (exact) mass is 366 g/mol. The molecule has 4 nitrogen and oxygen atoms in total. The molecule has 2 rings (SSSR count). The zero-order chi connectivity index (χ0) is 19.6. The third-order valence-electron chi connectivity index (χ3n) is 6.49. The molecule has 0 radical (unpaired) electrons. The van der Waals surface area contributed by atoms with Crippen LogP contribution in [0.25, 0.3) is 0 Å². The highest BCUT2D eigenvalue weighted by Gasteiger charge is 2.48. The zero-order valence-corrected chi connectivity index (χ0v) is 17.7. The molecule has 2 aliphatic rings. The second-order valence-corrected chi connectivity index (χ2v) is 10.0. The molecule has 0 aromatic rings. The molecule has 150 valence electrons. The van der Waals surface area contributed by atoms with Crippen molar-refractivity contribution in [1.82, 2.24) is 0 Å². The van der Waals surface area contributed by atoms with E-state index < -0.39 is 10.8 Å². The van der Waals surface area contributed by atoms with Crippen LogP contribution in [0.5, 0.6) is 0 Å². The van der Waals surface area contributed by atoms with Crippen molar-refractivity contribution in [2.75, 3.05) is 0 Å². The standard InChI is InChI=1S/C22H38O4/c1-7-21(5,6)19(24)26-22(14-8-9-15-22)16-10-12-17(13-11-16)25-18(23)20(2,3)4/h16-17H,7-15H2,1-6H3. The Balaban J connectivity index is 1.98. The van der Waals surface area contributed by atoms with Gasteiger partial charge in [-0.05, 0) is 98.3 Å². The van der Waals surface area contributed by atoms with Crippen molar-refractivity contribution in [3.8, 4) is 0 Å². The minimum absolute atomic E-state index is 0.0132. The topological polar surface area (TPSA) is 52.6 Å². The van der Waals surface area contributed by atoms with Crippen LogP contribution in [-0.4, -0.2) is 23.6 Å². The van der Waals surface area contributed by atoms with Crippen molar-refractivity contribution in [1.29, 1.82) is 0 Å². The molecule has 0 saturated heterocycles. The second-order valence-electron chi connectivity index (χ2n) is 10.0. The Morgan fingerprint density at radius 2 is 1.46 bits per heavy atom. The summed E-state index contributed by atoms with van der Waals surface area (Å²) in [6, 6.07) is 0. The Morgan fingerprint density at radius 1 is 0.923 bits per heavy atom. The van der Waals surface area contributed by atoms with Crippen LogP contribution in [0.2, 0.25) is 0 Å². The SMILES string of the molecule is CCC(C)(C)C(=O)OC1(C2CCC(OC(=O)C(C)(C)C)CC2)CCCC1. The molecule has 2 saturated carbocycles. The molecular formula is C22H38O4. The first kappa shape index (κ1) is 21.2. The van der Waals surface area contributed by atoms with E-state index in [1.165, 1.54) is 0 Å². The number of hydrogen-bond donors (Lipinski definition) is 0. The summed E-state index contributed by atoms with van der Waals surface area (Å²) in [6.45, 7) is 11.7. The molecule has 0 aliphatic heterocycles. The maximum absolute atomic E-state index is 12.7. The average molecular weight is 367 g/mol. The van der Waals surface area contributed by atoms with Gasteiger partial charge in [0.1, 0.15) is 11.7 Å². The van der Waals surface area contributed by atoms with E-state index in [0.29, 0.717) is 5.92 Å². The Kier molecular flexibility index (Phi) is 6.45. The van der Waals surface area contributed by atoms with E-state index in [2.05, 4.69) is 0 Å². The van der Waals surface area contributed by atoms with Crippen LogP contribution in [0.1, 0.15) is 99.3 Å². The lowest BCUT2D eigenvalue weighted by atomic mass is 9.74. The molecule has 0 bridgehead atoms. The van der Waals surface area contributed by atoms with Crippen molar-refractivity contribution in [2.45, 2.75) is 111 Å². The third kappa shape index (κ3) is 4.80. The summed E-state index contributed by atoms with van der Waals surface area (Å²) in [5.41, 5.74) is -1.16. The maximum atomic E-state index is 12.7. The van der Waals surface area contributed by atoms with Gasteiger partial charge in [0.05, 0.1) is 10.8 Å². The summed E-state index contributed by atoms with van der Waals surface area (Å²) in [4.78, 5) is 24.9. The van der Waals surface area contributed by atoms with Crippen molar-refractivity contribution >= 4 is 11.9 Å². The molecule has 0 spiro atoms. The van der Waals surface area contributed by atoms with Crippen LogP contribution in [-0.2, 0) is 19.1 Å². The summed E-state index contributed by atoms with van der Waals surface area (Å²) in [7, 11) is 0. The number of carbonyl (C=O) groups excluding carboxylic acids is 2. The molecule has 0 heterocycles. The smallest absolute Gasteiger partial charge is 0.312 e. The van der Waals surface area contributed by atoms with Gasteiger partial charge in [0.25, 0.3) is 0 Å². The van der Waals surface area contributed by atoms with Gasteiger partial charge in [-0.3, -0.25) is 9.59 Å². The number of ether oxygens (including phenoxy) is 2. The lowest BCUT2D eigenvalue weighted by Gasteiger charge is -2.42. The Morgan fingerprint density at radius 3 is 1.92 bits per heavy atom. The highest BCUT2D eigenvalue weighted by atomic mass is 16.6. The van der Waals surface area contributed by atoms with Crippen LogP contribution >= 0.6 is 0 Å². The van der Waals surface area contributed by atoms with Gasteiger partial charge in [-0.1, -0.05) is 6.92 Å². The van der Waals surface area contributed by atoms with Gasteiger partial charge in [0.2, 0.25) is 0 Å². The molecule has 0 atom stereocenters. The van der Waals surface area contributed by atoms with Crippen LogP contribution < -0.4 is 0 Å². The number of esters is 2. The highest BCUT2D eigenvalue weighted by molar-refractivity contribution is 5.76. The molecule has 0 N–H and O–H groups in total. The van der Waals surface area contributed by atoms with Crippen LogP contribution in [0, 0.1) is 16.7 Å². The van der Waals surface area contributed by atoms with Crippen molar-refractivity contribution in [3.63, 3.8) is 0 Å². The van der Waals surface area contributed by atoms with Gasteiger partial charge in [-0.25, -0.2) is 0 Å². The summed E-state index contributed by atoms with van der Waals surface area (Å²) in [5, 5.41) is 0. The Hall–Kier alpha value is -1.06.